The molecule has 0 spiro atoms. The molecule has 1 N–H and O–H groups in total. The summed E-state index contributed by atoms with van der Waals surface area (Å²) in [7, 11) is 0. The van der Waals surface area contributed by atoms with Crippen LogP contribution in [0.2, 0.25) is 0 Å². The molecular formula is C17H21BrN4O2S. The fourth-order valence-electron chi connectivity index (χ4n) is 2.30. The van der Waals surface area contributed by atoms with Crippen molar-refractivity contribution in [3.8, 4) is 10.6 Å². The Balaban J connectivity index is 1.93. The summed E-state index contributed by atoms with van der Waals surface area (Å²) >= 11 is 4.71. The molecule has 0 saturated heterocycles. The van der Waals surface area contributed by atoms with Gasteiger partial charge in [-0.05, 0) is 25.5 Å². The van der Waals surface area contributed by atoms with E-state index >= 15 is 0 Å². The van der Waals surface area contributed by atoms with Gasteiger partial charge in [0.1, 0.15) is 5.01 Å². The number of aromatic nitrogens is 2. The third-order valence-electron chi connectivity index (χ3n) is 3.87. The molecule has 8 heteroatoms. The van der Waals surface area contributed by atoms with Gasteiger partial charge in [0.2, 0.25) is 16.9 Å². The molecule has 134 valence electrons. The van der Waals surface area contributed by atoms with Gasteiger partial charge in [0.05, 0.1) is 0 Å². The van der Waals surface area contributed by atoms with Crippen molar-refractivity contribution in [2.24, 2.45) is 0 Å². The van der Waals surface area contributed by atoms with Gasteiger partial charge in [-0.2, -0.15) is 0 Å². The maximum Gasteiger partial charge on any atom is 0.227 e. The molecule has 25 heavy (non-hydrogen) atoms. The molecular weight excluding hydrogens is 404 g/mol. The average molecular weight is 425 g/mol. The van der Waals surface area contributed by atoms with E-state index in [1.54, 1.807) is 4.90 Å². The smallest absolute Gasteiger partial charge is 0.227 e. The molecule has 1 heterocycles. The van der Waals surface area contributed by atoms with Crippen LogP contribution in [0.3, 0.4) is 0 Å². The number of carbonyl (C=O) groups excluding carboxylic acids is 2. The summed E-state index contributed by atoms with van der Waals surface area (Å²) in [5.74, 6) is -0.191. The van der Waals surface area contributed by atoms with Gasteiger partial charge in [0.25, 0.3) is 0 Å². The van der Waals surface area contributed by atoms with Gasteiger partial charge in [0.15, 0.2) is 0 Å². The maximum atomic E-state index is 12.1. The Bertz CT molecular complexity index is 733. The van der Waals surface area contributed by atoms with Crippen molar-refractivity contribution >= 4 is 44.2 Å². The van der Waals surface area contributed by atoms with Crippen LogP contribution >= 0.6 is 27.3 Å². The van der Waals surface area contributed by atoms with Crippen LogP contribution in [0.5, 0.6) is 0 Å². The van der Waals surface area contributed by atoms with Crippen LogP contribution in [0.25, 0.3) is 10.6 Å². The maximum absolute atomic E-state index is 12.1. The van der Waals surface area contributed by atoms with Crippen LogP contribution < -0.4 is 5.32 Å². The Kier molecular flexibility index (Phi) is 7.07. The van der Waals surface area contributed by atoms with Crippen molar-refractivity contribution in [1.82, 2.24) is 15.1 Å². The first-order valence-corrected chi connectivity index (χ1v) is 9.68. The number of hydrogen-bond donors (Lipinski definition) is 1. The molecule has 2 aromatic rings. The van der Waals surface area contributed by atoms with E-state index in [1.165, 1.54) is 18.3 Å². The molecule has 1 unspecified atom stereocenters. The van der Waals surface area contributed by atoms with Crippen molar-refractivity contribution in [3.05, 3.63) is 28.7 Å². The third kappa shape index (κ3) is 5.61. The lowest BCUT2D eigenvalue weighted by atomic mass is 10.2. The molecule has 0 aliphatic heterocycles. The molecule has 1 atom stereocenters. The van der Waals surface area contributed by atoms with Crippen molar-refractivity contribution in [3.63, 3.8) is 0 Å². The van der Waals surface area contributed by atoms with Crippen LogP contribution in [0.1, 0.15) is 33.6 Å². The zero-order chi connectivity index (χ0) is 18.4. The molecule has 0 fully saturated rings. The highest BCUT2D eigenvalue weighted by atomic mass is 79.9. The largest absolute Gasteiger partial charge is 0.340 e. The van der Waals surface area contributed by atoms with E-state index in [1.807, 2.05) is 38.1 Å². The lowest BCUT2D eigenvalue weighted by Crippen LogP contribution is -2.38. The molecule has 0 saturated carbocycles. The summed E-state index contributed by atoms with van der Waals surface area (Å²) in [6.07, 6.45) is 1.09. The summed E-state index contributed by atoms with van der Waals surface area (Å²) in [5, 5.41) is 12.1. The Morgan fingerprint density at radius 1 is 1.28 bits per heavy atom. The zero-order valence-corrected chi connectivity index (χ0v) is 16.9. The molecule has 1 aromatic heterocycles. The fourth-order valence-corrected chi connectivity index (χ4v) is 3.32. The average Bonchev–Trinajstić information content (AvgIpc) is 3.03. The number of nitrogens with zero attached hydrogens (tertiary/aromatic N) is 3. The number of carbonyl (C=O) groups is 2. The Labute approximate surface area is 159 Å². The van der Waals surface area contributed by atoms with Gasteiger partial charge in [-0.15, -0.1) is 10.2 Å². The highest BCUT2D eigenvalue weighted by Crippen LogP contribution is 2.27. The van der Waals surface area contributed by atoms with E-state index in [-0.39, 0.29) is 24.3 Å². The Morgan fingerprint density at radius 2 is 1.96 bits per heavy atom. The highest BCUT2D eigenvalue weighted by Gasteiger charge is 2.17. The van der Waals surface area contributed by atoms with E-state index in [0.29, 0.717) is 11.7 Å². The number of rotatable bonds is 7. The zero-order valence-electron chi connectivity index (χ0n) is 14.5. The molecule has 0 radical (unpaired) electrons. The number of amides is 2. The number of benzene rings is 1. The van der Waals surface area contributed by atoms with Crippen LogP contribution in [0.4, 0.5) is 5.13 Å². The number of halogens is 1. The van der Waals surface area contributed by atoms with E-state index in [9.17, 15) is 9.59 Å². The second-order valence-corrected chi connectivity index (χ2v) is 7.58. The Hall–Kier alpha value is -1.80. The molecule has 2 rings (SSSR count). The highest BCUT2D eigenvalue weighted by molar-refractivity contribution is 9.10. The minimum absolute atomic E-state index is 0.0180. The molecule has 2 amide bonds. The Morgan fingerprint density at radius 3 is 2.56 bits per heavy atom. The van der Waals surface area contributed by atoms with Crippen molar-refractivity contribution in [2.45, 2.75) is 39.7 Å². The fraction of sp³-hybridized carbons (Fsp3) is 0.412. The van der Waals surface area contributed by atoms with E-state index in [0.717, 1.165) is 21.5 Å². The van der Waals surface area contributed by atoms with E-state index < -0.39 is 0 Å². The quantitative estimate of drug-likeness (QED) is 0.729. The number of anilines is 1. The van der Waals surface area contributed by atoms with Crippen LogP contribution in [-0.2, 0) is 9.59 Å². The first-order valence-electron chi connectivity index (χ1n) is 8.07. The monoisotopic (exact) mass is 424 g/mol. The second-order valence-electron chi connectivity index (χ2n) is 5.69. The molecule has 0 aliphatic rings. The van der Waals surface area contributed by atoms with Gasteiger partial charge in [-0.25, -0.2) is 0 Å². The summed E-state index contributed by atoms with van der Waals surface area (Å²) in [6, 6.07) is 7.86. The van der Waals surface area contributed by atoms with Crippen LogP contribution in [0.15, 0.2) is 28.7 Å². The van der Waals surface area contributed by atoms with Crippen molar-refractivity contribution in [2.75, 3.05) is 11.9 Å². The minimum Gasteiger partial charge on any atom is -0.340 e. The van der Waals surface area contributed by atoms with Crippen LogP contribution in [0, 0.1) is 0 Å². The summed E-state index contributed by atoms with van der Waals surface area (Å²) in [6.45, 7) is 5.92. The normalized spacial score (nSPS) is 11.8. The lowest BCUT2D eigenvalue weighted by Gasteiger charge is -2.27. The van der Waals surface area contributed by atoms with Gasteiger partial charge < -0.3 is 10.2 Å². The van der Waals surface area contributed by atoms with Gasteiger partial charge in [-0.3, -0.25) is 9.59 Å². The standard InChI is InChI=1S/C17H21BrN4O2S/c1-4-11(2)22(12(3)23)10-9-15(24)19-17-21-20-16(25-17)13-5-7-14(18)8-6-13/h5-8,11H,4,9-10H2,1-3H3,(H,19,21,24). The summed E-state index contributed by atoms with van der Waals surface area (Å²) in [5.41, 5.74) is 0.945. The SMILES string of the molecule is CCC(C)N(CCC(=O)Nc1nnc(-c2ccc(Br)cc2)s1)C(C)=O. The van der Waals surface area contributed by atoms with Gasteiger partial charge >= 0.3 is 0 Å². The molecule has 0 bridgehead atoms. The number of nitrogens with one attached hydrogen (secondary N) is 1. The molecule has 0 aliphatic carbocycles. The first kappa shape index (κ1) is 19.5. The predicted molar refractivity (Wildman–Crippen MR) is 103 cm³/mol. The third-order valence-corrected chi connectivity index (χ3v) is 5.29. The lowest BCUT2D eigenvalue weighted by molar-refractivity contribution is -0.131. The minimum atomic E-state index is -0.173. The summed E-state index contributed by atoms with van der Waals surface area (Å²) < 4.78 is 0.991. The van der Waals surface area contributed by atoms with Crippen molar-refractivity contribution < 1.29 is 9.59 Å². The molecule has 1 aromatic carbocycles. The first-order chi connectivity index (χ1) is 11.9. The van der Waals surface area contributed by atoms with E-state index in [4.69, 9.17) is 0 Å². The van der Waals surface area contributed by atoms with Gasteiger partial charge in [-0.1, -0.05) is 46.3 Å². The van der Waals surface area contributed by atoms with Crippen LogP contribution in [-0.4, -0.2) is 39.5 Å². The molecule has 6 nitrogen and oxygen atoms in total. The summed E-state index contributed by atoms with van der Waals surface area (Å²) in [4.78, 5) is 25.5. The van der Waals surface area contributed by atoms with E-state index in [2.05, 4.69) is 31.4 Å². The van der Waals surface area contributed by atoms with Gasteiger partial charge in [0, 0.05) is 36.0 Å². The predicted octanol–water partition coefficient (Wildman–Crippen LogP) is 3.94. The second kappa shape index (κ2) is 9.05. The topological polar surface area (TPSA) is 75.2 Å². The number of hydrogen-bond acceptors (Lipinski definition) is 5. The van der Waals surface area contributed by atoms with Crippen molar-refractivity contribution in [1.29, 1.82) is 0 Å².